The van der Waals surface area contributed by atoms with Crippen molar-refractivity contribution in [1.82, 2.24) is 14.5 Å². The van der Waals surface area contributed by atoms with Gasteiger partial charge < -0.3 is 14.2 Å². The van der Waals surface area contributed by atoms with Gasteiger partial charge in [-0.2, -0.15) is 10.5 Å². The zero-order valence-corrected chi connectivity index (χ0v) is 21.0. The van der Waals surface area contributed by atoms with Crippen LogP contribution in [-0.4, -0.2) is 52.7 Å². The van der Waals surface area contributed by atoms with Gasteiger partial charge in [-0.05, 0) is 50.6 Å². The summed E-state index contributed by atoms with van der Waals surface area (Å²) in [5.74, 6) is -0.374. The summed E-state index contributed by atoms with van der Waals surface area (Å²) in [6, 6.07) is 14.9. The Balaban J connectivity index is 1.74. The number of anilines is 1. The van der Waals surface area contributed by atoms with Crippen LogP contribution in [0.4, 0.5) is 5.69 Å². The number of aryl methyl sites for hydroxylation is 1. The maximum Gasteiger partial charge on any atom is 0.337 e. The van der Waals surface area contributed by atoms with Crippen LogP contribution in [0.15, 0.2) is 41.2 Å². The lowest BCUT2D eigenvalue weighted by Gasteiger charge is -2.48. The number of piperazine rings is 1. The Hall–Kier alpha value is -4.21. The summed E-state index contributed by atoms with van der Waals surface area (Å²) in [6.07, 6.45) is 0. The first kappa shape index (κ1) is 24.9. The zero-order valence-electron chi connectivity index (χ0n) is 21.0. The normalized spacial score (nSPS) is 18.9. The highest BCUT2D eigenvalue weighted by atomic mass is 16.5. The number of nitriles is 2. The maximum absolute atomic E-state index is 13.1. The molecule has 184 valence electrons. The van der Waals surface area contributed by atoms with E-state index in [1.54, 1.807) is 25.2 Å². The molecule has 36 heavy (non-hydrogen) atoms. The van der Waals surface area contributed by atoms with Gasteiger partial charge in [-0.3, -0.25) is 9.69 Å². The molecule has 0 spiro atoms. The molecule has 1 aliphatic heterocycles. The highest BCUT2D eigenvalue weighted by Crippen LogP contribution is 2.34. The molecule has 9 heteroatoms. The molecule has 1 aliphatic rings. The van der Waals surface area contributed by atoms with Crippen LogP contribution < -0.4 is 10.5 Å². The molecule has 0 bridgehead atoms. The van der Waals surface area contributed by atoms with Crippen molar-refractivity contribution in [3.63, 3.8) is 0 Å². The number of ether oxygens (including phenoxy) is 1. The van der Waals surface area contributed by atoms with Crippen LogP contribution in [0, 0.1) is 22.7 Å². The number of nitrogens with zero attached hydrogens (tertiary/aromatic N) is 6. The van der Waals surface area contributed by atoms with Crippen LogP contribution in [-0.2, 0) is 11.8 Å². The molecule has 9 nitrogen and oxygen atoms in total. The molecule has 3 heterocycles. The van der Waals surface area contributed by atoms with Crippen molar-refractivity contribution in [3.8, 4) is 12.1 Å². The number of pyridine rings is 2. The number of fused-ring (bicyclic) bond motifs is 1. The Bertz CT molecular complexity index is 1480. The number of esters is 1. The predicted molar refractivity (Wildman–Crippen MR) is 136 cm³/mol. The van der Waals surface area contributed by atoms with Crippen molar-refractivity contribution in [3.05, 3.63) is 69.1 Å². The Morgan fingerprint density at radius 2 is 1.89 bits per heavy atom. The van der Waals surface area contributed by atoms with Crippen LogP contribution in [0.25, 0.3) is 11.0 Å². The maximum atomic E-state index is 13.1. The largest absolute Gasteiger partial charge is 0.465 e. The van der Waals surface area contributed by atoms with Gasteiger partial charge in [-0.25, -0.2) is 9.78 Å². The average molecular weight is 485 g/mol. The molecule has 2 aromatic heterocycles. The fourth-order valence-corrected chi connectivity index (χ4v) is 5.08. The third-order valence-electron chi connectivity index (χ3n) is 7.05. The van der Waals surface area contributed by atoms with E-state index < -0.39 is 0 Å². The second-order valence-corrected chi connectivity index (χ2v) is 9.22. The summed E-state index contributed by atoms with van der Waals surface area (Å²) in [5, 5.41) is 19.4. The number of methoxy groups -OCH3 is 1. The number of rotatable bonds is 4. The summed E-state index contributed by atoms with van der Waals surface area (Å²) in [6.45, 7) is 7.46. The van der Waals surface area contributed by atoms with Gasteiger partial charge in [0.1, 0.15) is 28.9 Å². The van der Waals surface area contributed by atoms with Gasteiger partial charge in [0.05, 0.1) is 23.9 Å². The number of hydrogen-bond acceptors (Lipinski definition) is 8. The van der Waals surface area contributed by atoms with Gasteiger partial charge in [0.2, 0.25) is 0 Å². The zero-order chi connectivity index (χ0) is 26.1. The van der Waals surface area contributed by atoms with Crippen molar-refractivity contribution in [2.45, 2.75) is 38.9 Å². The standard InChI is InChI=1S/C27H28N6O3/c1-16-15-33(17(2)14-32(16)18(3)19-7-6-8-20(11-19)27(35)36-5)25-22(13-29)26(34)31(4)23-10-9-21(12-28)30-24(23)25/h6-11,16-18H,14-15H2,1-5H3/t16-,17+,18?/m1/s1. The van der Waals surface area contributed by atoms with Crippen LogP contribution in [0.5, 0.6) is 0 Å². The summed E-state index contributed by atoms with van der Waals surface area (Å²) in [7, 11) is 2.98. The fraction of sp³-hybridized carbons (Fsp3) is 0.370. The van der Waals surface area contributed by atoms with Crippen LogP contribution >= 0.6 is 0 Å². The third-order valence-corrected chi connectivity index (χ3v) is 7.05. The van der Waals surface area contributed by atoms with E-state index >= 15 is 0 Å². The van der Waals surface area contributed by atoms with Crippen LogP contribution in [0.3, 0.4) is 0 Å². The van der Waals surface area contributed by atoms with E-state index in [-0.39, 0.29) is 40.9 Å². The summed E-state index contributed by atoms with van der Waals surface area (Å²) >= 11 is 0. The monoisotopic (exact) mass is 484 g/mol. The van der Waals surface area contributed by atoms with E-state index in [0.717, 1.165) is 5.56 Å². The van der Waals surface area contributed by atoms with Crippen molar-refractivity contribution >= 4 is 22.7 Å². The smallest absolute Gasteiger partial charge is 0.337 e. The number of carbonyl (C=O) groups is 1. The van der Waals surface area contributed by atoms with Crippen molar-refractivity contribution in [1.29, 1.82) is 10.5 Å². The van der Waals surface area contributed by atoms with Crippen LogP contribution in [0.2, 0.25) is 0 Å². The summed E-state index contributed by atoms with van der Waals surface area (Å²) < 4.78 is 6.28. The highest BCUT2D eigenvalue weighted by Gasteiger charge is 2.35. The molecular weight excluding hydrogens is 456 g/mol. The molecule has 1 aromatic carbocycles. The molecule has 0 N–H and O–H groups in total. The van der Waals surface area contributed by atoms with E-state index in [9.17, 15) is 20.1 Å². The molecular formula is C27H28N6O3. The Morgan fingerprint density at radius 1 is 1.14 bits per heavy atom. The van der Waals surface area contributed by atoms with Crippen molar-refractivity contribution < 1.29 is 9.53 Å². The quantitative estimate of drug-likeness (QED) is 0.519. The second kappa shape index (κ2) is 9.80. The van der Waals surface area contributed by atoms with Crippen LogP contribution in [0.1, 0.15) is 54.0 Å². The lowest BCUT2D eigenvalue weighted by Crippen LogP contribution is -2.57. The molecule has 0 amide bonds. The lowest BCUT2D eigenvalue weighted by molar-refractivity contribution is 0.0600. The molecule has 1 unspecified atom stereocenters. The van der Waals surface area contributed by atoms with Gasteiger partial charge in [-0.15, -0.1) is 0 Å². The van der Waals surface area contributed by atoms with E-state index in [2.05, 4.69) is 47.7 Å². The minimum absolute atomic E-state index is 0.0216. The molecule has 0 saturated carbocycles. The molecule has 1 fully saturated rings. The SMILES string of the molecule is COC(=O)c1cccc(C(C)N2C[C@H](C)N(c3c(C#N)c(=O)n(C)c4ccc(C#N)nc34)C[C@H]2C)c1. The van der Waals surface area contributed by atoms with Crippen molar-refractivity contribution in [2.75, 3.05) is 25.1 Å². The first-order chi connectivity index (χ1) is 17.2. The molecule has 1 saturated heterocycles. The highest BCUT2D eigenvalue weighted by molar-refractivity contribution is 5.92. The molecule has 4 rings (SSSR count). The first-order valence-electron chi connectivity index (χ1n) is 11.8. The minimum atomic E-state index is -0.387. The molecule has 0 radical (unpaired) electrons. The topological polar surface area (TPSA) is 115 Å². The van der Waals surface area contributed by atoms with Gasteiger partial charge in [0.25, 0.3) is 5.56 Å². The van der Waals surface area contributed by atoms with E-state index in [4.69, 9.17) is 4.74 Å². The van der Waals surface area contributed by atoms with Gasteiger partial charge in [-0.1, -0.05) is 12.1 Å². The third kappa shape index (κ3) is 4.19. The fourth-order valence-electron chi connectivity index (χ4n) is 5.08. The Labute approximate surface area is 209 Å². The number of hydrogen-bond donors (Lipinski definition) is 0. The minimum Gasteiger partial charge on any atom is -0.465 e. The number of aromatic nitrogens is 2. The lowest BCUT2D eigenvalue weighted by atomic mass is 9.98. The second-order valence-electron chi connectivity index (χ2n) is 9.22. The molecule has 3 aromatic rings. The average Bonchev–Trinajstić information content (AvgIpc) is 2.90. The number of carbonyl (C=O) groups excluding carboxylic acids is 1. The molecule has 0 aliphatic carbocycles. The summed E-state index contributed by atoms with van der Waals surface area (Å²) in [4.78, 5) is 34.0. The van der Waals surface area contributed by atoms with Crippen molar-refractivity contribution in [2.24, 2.45) is 7.05 Å². The Kier molecular flexibility index (Phi) is 6.78. The Morgan fingerprint density at radius 3 is 2.56 bits per heavy atom. The van der Waals surface area contributed by atoms with Gasteiger partial charge in [0, 0.05) is 38.3 Å². The van der Waals surface area contributed by atoms with E-state index in [1.165, 1.54) is 11.7 Å². The van der Waals surface area contributed by atoms with Gasteiger partial charge in [0.15, 0.2) is 0 Å². The van der Waals surface area contributed by atoms with E-state index in [1.807, 2.05) is 18.2 Å². The number of benzene rings is 1. The molecule has 3 atom stereocenters. The predicted octanol–water partition coefficient (Wildman–Crippen LogP) is 3.12. The van der Waals surface area contributed by atoms with Gasteiger partial charge >= 0.3 is 5.97 Å². The van der Waals surface area contributed by atoms with E-state index in [0.29, 0.717) is 35.4 Å². The first-order valence-corrected chi connectivity index (χ1v) is 11.8. The summed E-state index contributed by atoms with van der Waals surface area (Å²) in [5.41, 5.74) is 2.90.